The number of nitrogens with zero attached hydrogens (tertiary/aromatic N) is 4. The summed E-state index contributed by atoms with van der Waals surface area (Å²) in [7, 11) is 0. The van der Waals surface area contributed by atoms with Gasteiger partial charge in [0.05, 0.1) is 5.39 Å². The fourth-order valence-electron chi connectivity index (χ4n) is 4.28. The number of rotatable bonds is 3. The van der Waals surface area contributed by atoms with Crippen molar-refractivity contribution < 1.29 is 0 Å². The molecule has 1 atom stereocenters. The van der Waals surface area contributed by atoms with Crippen molar-refractivity contribution in [2.75, 3.05) is 24.5 Å². The number of piperazine rings is 1. The summed E-state index contributed by atoms with van der Waals surface area (Å²) in [5, 5.41) is 5.68. The van der Waals surface area contributed by atoms with Crippen LogP contribution in [0.25, 0.3) is 11.0 Å². The van der Waals surface area contributed by atoms with Crippen LogP contribution in [0.3, 0.4) is 0 Å². The molecule has 0 radical (unpaired) electrons. The Morgan fingerprint density at radius 3 is 2.92 bits per heavy atom. The van der Waals surface area contributed by atoms with E-state index < -0.39 is 0 Å². The van der Waals surface area contributed by atoms with Crippen LogP contribution in [0.4, 0.5) is 5.82 Å². The van der Waals surface area contributed by atoms with Gasteiger partial charge in [0.15, 0.2) is 5.11 Å². The third kappa shape index (κ3) is 3.49. The number of hydrogen-bond acceptors (Lipinski definition) is 4. The standard InChI is InChI=1S/C19H28N6S/c1-2-15-12-24(18-16-8-9-20-17(16)21-13-22-18)10-11-25(15)19(26)23-14-6-4-3-5-7-14/h8-9,13-15H,2-7,10-12H2,1H3,(H,23,26)(H,20,21,22). The van der Waals surface area contributed by atoms with Crippen molar-refractivity contribution in [1.29, 1.82) is 0 Å². The lowest BCUT2D eigenvalue weighted by molar-refractivity contribution is 0.263. The molecule has 1 aliphatic heterocycles. The van der Waals surface area contributed by atoms with Gasteiger partial charge in [-0.3, -0.25) is 0 Å². The second-order valence-electron chi connectivity index (χ2n) is 7.42. The molecule has 0 bridgehead atoms. The maximum absolute atomic E-state index is 5.78. The Hall–Kier alpha value is -1.89. The number of aromatic nitrogens is 3. The molecule has 3 heterocycles. The highest BCUT2D eigenvalue weighted by Crippen LogP contribution is 2.26. The molecule has 0 spiro atoms. The van der Waals surface area contributed by atoms with Gasteiger partial charge in [0.1, 0.15) is 17.8 Å². The van der Waals surface area contributed by atoms with E-state index in [2.05, 4.69) is 43.1 Å². The minimum absolute atomic E-state index is 0.413. The van der Waals surface area contributed by atoms with Crippen molar-refractivity contribution >= 4 is 34.2 Å². The van der Waals surface area contributed by atoms with Gasteiger partial charge < -0.3 is 20.1 Å². The van der Waals surface area contributed by atoms with Crippen LogP contribution in [0, 0.1) is 0 Å². The van der Waals surface area contributed by atoms with E-state index in [1.807, 2.05) is 6.20 Å². The number of nitrogens with one attached hydrogen (secondary N) is 2. The van der Waals surface area contributed by atoms with Gasteiger partial charge in [0.2, 0.25) is 0 Å². The molecule has 1 saturated heterocycles. The zero-order valence-corrected chi connectivity index (χ0v) is 16.3. The van der Waals surface area contributed by atoms with Crippen LogP contribution in [0.1, 0.15) is 45.4 Å². The van der Waals surface area contributed by atoms with Crippen LogP contribution in [0.15, 0.2) is 18.6 Å². The quantitative estimate of drug-likeness (QED) is 0.808. The number of aromatic amines is 1. The Bertz CT molecular complexity index is 753. The van der Waals surface area contributed by atoms with Gasteiger partial charge in [0, 0.05) is 37.9 Å². The van der Waals surface area contributed by atoms with E-state index >= 15 is 0 Å². The molecule has 0 amide bonds. The van der Waals surface area contributed by atoms with Gasteiger partial charge in [0.25, 0.3) is 0 Å². The zero-order valence-electron chi connectivity index (χ0n) is 15.4. The third-order valence-corrected chi connectivity index (χ3v) is 6.13. The molecule has 0 aromatic carbocycles. The molecule has 1 saturated carbocycles. The molecular weight excluding hydrogens is 344 g/mol. The Labute approximate surface area is 160 Å². The smallest absolute Gasteiger partial charge is 0.169 e. The number of H-pyrrole nitrogens is 1. The fourth-order valence-corrected chi connectivity index (χ4v) is 4.69. The highest BCUT2D eigenvalue weighted by atomic mass is 32.1. The maximum atomic E-state index is 5.78. The molecule has 6 nitrogen and oxygen atoms in total. The lowest BCUT2D eigenvalue weighted by Crippen LogP contribution is -2.58. The van der Waals surface area contributed by atoms with Gasteiger partial charge in [-0.15, -0.1) is 0 Å². The van der Waals surface area contributed by atoms with Crippen molar-refractivity contribution in [1.82, 2.24) is 25.2 Å². The molecule has 26 heavy (non-hydrogen) atoms. The molecule has 2 N–H and O–H groups in total. The van der Waals surface area contributed by atoms with Gasteiger partial charge in [-0.05, 0) is 37.5 Å². The minimum Gasteiger partial charge on any atom is -0.360 e. The average molecular weight is 373 g/mol. The second-order valence-corrected chi connectivity index (χ2v) is 7.81. The predicted octanol–water partition coefficient (Wildman–Crippen LogP) is 3.07. The van der Waals surface area contributed by atoms with E-state index in [1.54, 1.807) is 6.33 Å². The topological polar surface area (TPSA) is 60.1 Å². The molecule has 2 aliphatic rings. The molecule has 2 fully saturated rings. The van der Waals surface area contributed by atoms with E-state index in [1.165, 1.54) is 32.1 Å². The van der Waals surface area contributed by atoms with Crippen molar-refractivity contribution in [3.05, 3.63) is 18.6 Å². The third-order valence-electron chi connectivity index (χ3n) is 5.78. The second kappa shape index (κ2) is 7.78. The molecule has 1 unspecified atom stereocenters. The van der Waals surface area contributed by atoms with Crippen LogP contribution in [-0.4, -0.2) is 56.7 Å². The van der Waals surface area contributed by atoms with Gasteiger partial charge in [-0.2, -0.15) is 0 Å². The Morgan fingerprint density at radius 2 is 2.12 bits per heavy atom. The van der Waals surface area contributed by atoms with Crippen LogP contribution in [0.5, 0.6) is 0 Å². The Balaban J connectivity index is 1.45. The largest absolute Gasteiger partial charge is 0.360 e. The van der Waals surface area contributed by atoms with Crippen LogP contribution in [-0.2, 0) is 0 Å². The van der Waals surface area contributed by atoms with E-state index in [9.17, 15) is 0 Å². The van der Waals surface area contributed by atoms with Gasteiger partial charge >= 0.3 is 0 Å². The Kier molecular flexibility index (Phi) is 5.24. The summed E-state index contributed by atoms with van der Waals surface area (Å²) < 4.78 is 0. The first-order valence-electron chi connectivity index (χ1n) is 9.86. The number of anilines is 1. The highest BCUT2D eigenvalue weighted by Gasteiger charge is 2.30. The number of hydrogen-bond donors (Lipinski definition) is 2. The summed E-state index contributed by atoms with van der Waals surface area (Å²) in [6, 6.07) is 3.04. The molecule has 4 rings (SSSR count). The first kappa shape index (κ1) is 17.5. The van der Waals surface area contributed by atoms with Crippen molar-refractivity contribution in [3.8, 4) is 0 Å². The Morgan fingerprint density at radius 1 is 1.27 bits per heavy atom. The number of thiocarbonyl (C=S) groups is 1. The summed E-state index contributed by atoms with van der Waals surface area (Å²) in [6.07, 6.45) is 11.2. The van der Waals surface area contributed by atoms with Crippen molar-refractivity contribution in [2.24, 2.45) is 0 Å². The van der Waals surface area contributed by atoms with Crippen LogP contribution in [0.2, 0.25) is 0 Å². The van der Waals surface area contributed by atoms with Gasteiger partial charge in [-0.1, -0.05) is 26.2 Å². The SMILES string of the molecule is CCC1CN(c2ncnc3[nH]ccc23)CCN1C(=S)NC1CCCCC1. The summed E-state index contributed by atoms with van der Waals surface area (Å²) in [4.78, 5) is 16.8. The summed E-state index contributed by atoms with van der Waals surface area (Å²) in [6.45, 7) is 5.06. The first-order chi connectivity index (χ1) is 12.8. The van der Waals surface area contributed by atoms with E-state index in [-0.39, 0.29) is 0 Å². The summed E-state index contributed by atoms with van der Waals surface area (Å²) in [5.74, 6) is 1.03. The normalized spacial score (nSPS) is 22.0. The van der Waals surface area contributed by atoms with E-state index in [0.29, 0.717) is 12.1 Å². The molecular formula is C19H28N6S. The summed E-state index contributed by atoms with van der Waals surface area (Å²) >= 11 is 5.78. The van der Waals surface area contributed by atoms with Crippen molar-refractivity contribution in [2.45, 2.75) is 57.5 Å². The predicted molar refractivity (Wildman–Crippen MR) is 109 cm³/mol. The zero-order chi connectivity index (χ0) is 17.9. The lowest BCUT2D eigenvalue weighted by atomic mass is 9.96. The first-order valence-corrected chi connectivity index (χ1v) is 10.3. The molecule has 1 aliphatic carbocycles. The van der Waals surface area contributed by atoms with E-state index in [0.717, 1.165) is 48.0 Å². The average Bonchev–Trinajstić information content (AvgIpc) is 3.17. The van der Waals surface area contributed by atoms with Crippen LogP contribution >= 0.6 is 12.2 Å². The molecule has 2 aromatic heterocycles. The van der Waals surface area contributed by atoms with Crippen LogP contribution < -0.4 is 10.2 Å². The van der Waals surface area contributed by atoms with Gasteiger partial charge in [-0.25, -0.2) is 9.97 Å². The fraction of sp³-hybridized carbons (Fsp3) is 0.632. The number of fused-ring (bicyclic) bond motifs is 1. The minimum atomic E-state index is 0.413. The maximum Gasteiger partial charge on any atom is 0.169 e. The summed E-state index contributed by atoms with van der Waals surface area (Å²) in [5.41, 5.74) is 0.903. The molecule has 7 heteroatoms. The highest BCUT2D eigenvalue weighted by molar-refractivity contribution is 7.80. The molecule has 140 valence electrons. The lowest BCUT2D eigenvalue weighted by Gasteiger charge is -2.44. The van der Waals surface area contributed by atoms with Crippen molar-refractivity contribution in [3.63, 3.8) is 0 Å². The monoisotopic (exact) mass is 372 g/mol. The molecule has 2 aromatic rings. The van der Waals surface area contributed by atoms with E-state index in [4.69, 9.17) is 12.2 Å².